The van der Waals surface area contributed by atoms with Gasteiger partial charge in [-0.15, -0.1) is 10.5 Å². The summed E-state index contributed by atoms with van der Waals surface area (Å²) in [5.41, 5.74) is 0. The molecule has 0 radical (unpaired) electrons. The lowest BCUT2D eigenvalue weighted by molar-refractivity contribution is -0.116. The molecule has 1 heterocycles. The molecule has 44 valence electrons. The van der Waals surface area contributed by atoms with Crippen LogP contribution < -0.4 is 5.32 Å². The highest BCUT2D eigenvalue weighted by atomic mass is 32.2. The van der Waals surface area contributed by atoms with Crippen molar-refractivity contribution in [3.63, 3.8) is 0 Å². The maximum atomic E-state index is 10.4. The van der Waals surface area contributed by atoms with E-state index in [0.29, 0.717) is 10.1 Å². The fourth-order valence-electron chi connectivity index (χ4n) is 0.446. The van der Waals surface area contributed by atoms with Crippen molar-refractivity contribution in [3.05, 3.63) is 0 Å². The molecule has 0 bridgehead atoms. The molecule has 0 aliphatic carbocycles. The quantitative estimate of drug-likeness (QED) is 0.492. The van der Waals surface area contributed by atoms with Gasteiger partial charge in [0.05, 0.1) is 5.75 Å². The molecule has 8 heavy (non-hydrogen) atoms. The van der Waals surface area contributed by atoms with E-state index in [0.717, 1.165) is 0 Å². The smallest absolute Gasteiger partial charge is 0.235 e. The van der Waals surface area contributed by atoms with Crippen LogP contribution in [-0.2, 0) is 4.79 Å². The lowest BCUT2D eigenvalue weighted by Crippen LogP contribution is -2.18. The van der Waals surface area contributed by atoms with Gasteiger partial charge in [0.25, 0.3) is 0 Å². The topological polar surface area (TPSA) is 29.1 Å². The molecule has 1 aliphatic rings. The third-order valence-corrected chi connectivity index (χ3v) is 2.86. The zero-order chi connectivity index (χ0) is 6.15. The Kier molecular flexibility index (Phi) is 1.44. The summed E-state index contributed by atoms with van der Waals surface area (Å²) in [5, 5.41) is 2.51. The lowest BCUT2D eigenvalue weighted by atomic mass is 10.7. The fourth-order valence-corrected chi connectivity index (χ4v) is 1.51. The predicted octanol–water partition coefficient (Wildman–Crippen LogP) is 0.102. The summed E-state index contributed by atoms with van der Waals surface area (Å²) in [7, 11) is -0.227. The first-order valence-electron chi connectivity index (χ1n) is 2.04. The highest BCUT2D eigenvalue weighted by Crippen LogP contribution is 2.15. The third-order valence-electron chi connectivity index (χ3n) is 0.809. The average Bonchev–Trinajstić information content (AvgIpc) is 1.85. The minimum absolute atomic E-state index is 0.00772. The first-order valence-corrected chi connectivity index (χ1v) is 4.01. The Labute approximate surface area is 55.2 Å². The summed E-state index contributed by atoms with van der Waals surface area (Å²) < 4.78 is 0.606. The molecule has 1 saturated heterocycles. The largest absolute Gasteiger partial charge is 0.311 e. The molecule has 0 aromatic heterocycles. The maximum absolute atomic E-state index is 10.4. The predicted molar refractivity (Wildman–Crippen MR) is 40.3 cm³/mol. The molecule has 1 atom stereocenters. The van der Waals surface area contributed by atoms with Gasteiger partial charge in [-0.1, -0.05) is 18.1 Å². The molecular weight excluding hydrogens is 142 g/mol. The van der Waals surface area contributed by atoms with Crippen LogP contribution in [0.1, 0.15) is 0 Å². The molecule has 1 N–H and O–H groups in total. The second-order valence-corrected chi connectivity index (χ2v) is 3.82. The van der Waals surface area contributed by atoms with E-state index in [1.807, 2.05) is 0 Å². The number of rotatable bonds is 0. The molecule has 0 spiro atoms. The van der Waals surface area contributed by atoms with E-state index < -0.39 is 0 Å². The van der Waals surface area contributed by atoms with Crippen LogP contribution in [0.5, 0.6) is 0 Å². The van der Waals surface area contributed by atoms with Crippen LogP contribution in [0.2, 0.25) is 0 Å². The highest BCUT2D eigenvalue weighted by Gasteiger charge is 2.16. The van der Waals surface area contributed by atoms with Crippen molar-refractivity contribution < 1.29 is 4.79 Å². The molecule has 0 saturated carbocycles. The SMILES string of the molecule is C=S1CC(=O)NC1=S. The summed E-state index contributed by atoms with van der Waals surface area (Å²) in [5.74, 6) is 4.16. The van der Waals surface area contributed by atoms with Crippen molar-refractivity contribution in [2.45, 2.75) is 0 Å². The van der Waals surface area contributed by atoms with Crippen LogP contribution in [0, 0.1) is 0 Å². The monoisotopic (exact) mass is 147 g/mol. The van der Waals surface area contributed by atoms with Crippen molar-refractivity contribution >= 4 is 38.8 Å². The molecule has 1 fully saturated rings. The number of hydrogen-bond acceptors (Lipinski definition) is 2. The number of hydrogen-bond donors (Lipinski definition) is 1. The number of nitrogens with one attached hydrogen (secondary N) is 1. The van der Waals surface area contributed by atoms with Crippen molar-refractivity contribution in [3.8, 4) is 0 Å². The van der Waals surface area contributed by atoms with Crippen LogP contribution in [0.25, 0.3) is 0 Å². The van der Waals surface area contributed by atoms with E-state index in [1.54, 1.807) is 0 Å². The van der Waals surface area contributed by atoms with Gasteiger partial charge in [0.15, 0.2) is 0 Å². The van der Waals surface area contributed by atoms with Crippen LogP contribution >= 0.6 is 22.7 Å². The minimum atomic E-state index is -0.227. The Hall–Kier alpha value is -0.220. The molecule has 1 rings (SSSR count). The summed E-state index contributed by atoms with van der Waals surface area (Å²) in [6.45, 7) is 0. The van der Waals surface area contributed by atoms with E-state index in [9.17, 15) is 4.79 Å². The van der Waals surface area contributed by atoms with Crippen molar-refractivity contribution in [2.24, 2.45) is 0 Å². The lowest BCUT2D eigenvalue weighted by Gasteiger charge is -1.87. The fraction of sp³-hybridized carbons (Fsp3) is 0.250. The molecular formula is C4H5NOS2. The van der Waals surface area contributed by atoms with Gasteiger partial charge in [-0.25, -0.2) is 0 Å². The molecule has 2 nitrogen and oxygen atoms in total. The zero-order valence-electron chi connectivity index (χ0n) is 4.14. The average molecular weight is 147 g/mol. The molecule has 0 aromatic carbocycles. The van der Waals surface area contributed by atoms with Gasteiger partial charge in [0.1, 0.15) is 4.32 Å². The van der Waals surface area contributed by atoms with E-state index in [1.165, 1.54) is 0 Å². The minimum Gasteiger partial charge on any atom is -0.311 e. The first-order chi connectivity index (χ1) is 3.70. The Balaban J connectivity index is 2.79. The Morgan fingerprint density at radius 1 is 1.88 bits per heavy atom. The summed E-state index contributed by atoms with van der Waals surface area (Å²) in [6.07, 6.45) is 0. The van der Waals surface area contributed by atoms with Crippen molar-refractivity contribution in [1.29, 1.82) is 0 Å². The van der Waals surface area contributed by atoms with Crippen molar-refractivity contribution in [1.82, 2.24) is 5.32 Å². The number of thiocarbonyl (C=S) groups is 1. The molecule has 0 aromatic rings. The second-order valence-electron chi connectivity index (χ2n) is 1.47. The van der Waals surface area contributed by atoms with Gasteiger partial charge >= 0.3 is 0 Å². The summed E-state index contributed by atoms with van der Waals surface area (Å²) in [4.78, 5) is 10.4. The molecule has 1 unspecified atom stereocenters. The maximum Gasteiger partial charge on any atom is 0.235 e. The Morgan fingerprint density at radius 3 is 2.62 bits per heavy atom. The summed E-state index contributed by atoms with van der Waals surface area (Å²) in [6, 6.07) is 0. The number of carbonyl (C=O) groups is 1. The normalized spacial score (nSPS) is 28.2. The standard InChI is InChI=1S/C4H5NOS2/c1-8-2-3(6)5-4(8)7/h1-2H2,(H,5,6,7). The van der Waals surface area contributed by atoms with Gasteiger partial charge in [-0.3, -0.25) is 4.79 Å². The van der Waals surface area contributed by atoms with E-state index >= 15 is 0 Å². The van der Waals surface area contributed by atoms with Crippen LogP contribution in [0.15, 0.2) is 0 Å². The van der Waals surface area contributed by atoms with E-state index in [2.05, 4.69) is 11.2 Å². The second kappa shape index (κ2) is 1.95. The summed E-state index contributed by atoms with van der Waals surface area (Å²) >= 11 is 4.74. The van der Waals surface area contributed by atoms with Crippen LogP contribution in [0.4, 0.5) is 0 Å². The van der Waals surface area contributed by atoms with Gasteiger partial charge in [0.2, 0.25) is 5.91 Å². The van der Waals surface area contributed by atoms with Crippen LogP contribution in [0.3, 0.4) is 0 Å². The van der Waals surface area contributed by atoms with Crippen molar-refractivity contribution in [2.75, 3.05) is 5.75 Å². The number of amides is 1. The van der Waals surface area contributed by atoms with Gasteiger partial charge in [-0.05, 0) is 0 Å². The highest BCUT2D eigenvalue weighted by molar-refractivity contribution is 8.34. The van der Waals surface area contributed by atoms with Crippen LogP contribution in [-0.4, -0.2) is 21.9 Å². The Morgan fingerprint density at radius 2 is 2.50 bits per heavy atom. The van der Waals surface area contributed by atoms with Gasteiger partial charge in [0, 0.05) is 0 Å². The Bertz CT molecular complexity index is 157. The number of carbonyl (C=O) groups excluding carboxylic acids is 1. The molecule has 1 amide bonds. The molecule has 1 aliphatic heterocycles. The van der Waals surface area contributed by atoms with Gasteiger partial charge in [-0.2, -0.15) is 0 Å². The van der Waals surface area contributed by atoms with Gasteiger partial charge < -0.3 is 5.32 Å². The first kappa shape index (κ1) is 5.91. The van der Waals surface area contributed by atoms with E-state index in [4.69, 9.17) is 12.2 Å². The zero-order valence-corrected chi connectivity index (χ0v) is 5.77. The van der Waals surface area contributed by atoms with E-state index in [-0.39, 0.29) is 16.4 Å². The molecule has 4 heteroatoms. The third kappa shape index (κ3) is 0.952.